The van der Waals surface area contributed by atoms with E-state index in [0.29, 0.717) is 25.6 Å². The van der Waals surface area contributed by atoms with E-state index in [1.54, 1.807) is 6.07 Å². The van der Waals surface area contributed by atoms with Crippen LogP contribution in [0.25, 0.3) is 0 Å². The Kier molecular flexibility index (Phi) is 8.43. The number of nitrogens with one attached hydrogen (secondary N) is 1. The Morgan fingerprint density at radius 1 is 1.38 bits per heavy atom. The van der Waals surface area contributed by atoms with Crippen LogP contribution in [0.15, 0.2) is 18.2 Å². The third-order valence-corrected chi connectivity index (χ3v) is 4.41. The number of ether oxygens (including phenoxy) is 1. The van der Waals surface area contributed by atoms with Gasteiger partial charge in [-0.2, -0.15) is 0 Å². The van der Waals surface area contributed by atoms with Gasteiger partial charge in [0.05, 0.1) is 6.61 Å². The lowest BCUT2D eigenvalue weighted by atomic mass is 10.0. The molecule has 1 atom stereocenters. The molecule has 4 nitrogen and oxygen atoms in total. The molecule has 3 rings (SSSR count). The maximum Gasteiger partial charge on any atom is 0.324 e. The highest BCUT2D eigenvalue weighted by molar-refractivity contribution is 5.85. The summed E-state index contributed by atoms with van der Waals surface area (Å²) in [7, 11) is 0. The molecule has 0 aromatic heterocycles. The Bertz CT molecular complexity index is 555. The molecule has 1 aliphatic carbocycles. The predicted octanol–water partition coefficient (Wildman–Crippen LogP) is 2.88. The van der Waals surface area contributed by atoms with Crippen molar-refractivity contribution in [3.05, 3.63) is 35.1 Å². The number of halogens is 3. The Hall–Kier alpha value is -0.880. The zero-order chi connectivity index (χ0) is 15.5. The summed E-state index contributed by atoms with van der Waals surface area (Å²) >= 11 is 0. The Labute approximate surface area is 154 Å². The van der Waals surface area contributed by atoms with Crippen LogP contribution < -0.4 is 5.32 Å². The molecule has 1 aliphatic heterocycles. The van der Waals surface area contributed by atoms with Crippen molar-refractivity contribution in [2.75, 3.05) is 26.2 Å². The molecule has 1 saturated heterocycles. The van der Waals surface area contributed by atoms with Crippen molar-refractivity contribution in [2.24, 2.45) is 0 Å². The Morgan fingerprint density at radius 2 is 2.12 bits per heavy atom. The number of hydrogen-bond donors (Lipinski definition) is 1. The zero-order valence-corrected chi connectivity index (χ0v) is 15.4. The first-order valence-corrected chi connectivity index (χ1v) is 8.08. The van der Waals surface area contributed by atoms with Crippen LogP contribution in [0.4, 0.5) is 4.39 Å². The van der Waals surface area contributed by atoms with Crippen LogP contribution in [0.2, 0.25) is 0 Å². The standard InChI is InChI=1S/C17H23FN2O2.2ClH/c1-2-22-17(21)16-10-19-7-8-20(16)11-13-5-6-14(18)9-15(13)12-3-4-12;;/h5-6,9,12,16,19H,2-4,7-8,10-11H2,1H3;2*1H. The van der Waals surface area contributed by atoms with Crippen LogP contribution in [0.5, 0.6) is 0 Å². The van der Waals surface area contributed by atoms with Crippen LogP contribution in [-0.2, 0) is 16.1 Å². The number of esters is 1. The van der Waals surface area contributed by atoms with Gasteiger partial charge >= 0.3 is 5.97 Å². The second-order valence-electron chi connectivity index (χ2n) is 6.06. The van der Waals surface area contributed by atoms with E-state index >= 15 is 0 Å². The largest absolute Gasteiger partial charge is 0.465 e. The quantitative estimate of drug-likeness (QED) is 0.799. The summed E-state index contributed by atoms with van der Waals surface area (Å²) in [4.78, 5) is 14.3. The number of nitrogens with zero attached hydrogens (tertiary/aromatic N) is 1. The molecular formula is C17H25Cl2FN2O2. The third kappa shape index (κ3) is 5.06. The molecule has 136 valence electrons. The zero-order valence-electron chi connectivity index (χ0n) is 13.8. The molecule has 0 spiro atoms. The number of rotatable bonds is 5. The summed E-state index contributed by atoms with van der Waals surface area (Å²) in [6, 6.07) is 4.79. The number of carbonyl (C=O) groups excluding carboxylic acids is 1. The van der Waals surface area contributed by atoms with Crippen molar-refractivity contribution >= 4 is 30.8 Å². The van der Waals surface area contributed by atoms with Gasteiger partial charge in [-0.05, 0) is 48.9 Å². The lowest BCUT2D eigenvalue weighted by molar-refractivity contribution is -0.150. The minimum absolute atomic E-state index is 0. The first-order chi connectivity index (χ1) is 10.7. The number of piperazine rings is 1. The van der Waals surface area contributed by atoms with Gasteiger partial charge in [-0.3, -0.25) is 9.69 Å². The summed E-state index contributed by atoms with van der Waals surface area (Å²) in [5, 5.41) is 3.25. The maximum atomic E-state index is 13.5. The van der Waals surface area contributed by atoms with Gasteiger partial charge in [0, 0.05) is 26.2 Å². The summed E-state index contributed by atoms with van der Waals surface area (Å²) in [5.74, 6) is 0.146. The molecule has 24 heavy (non-hydrogen) atoms. The van der Waals surface area contributed by atoms with Crippen molar-refractivity contribution in [1.82, 2.24) is 10.2 Å². The van der Waals surface area contributed by atoms with E-state index in [1.807, 2.05) is 13.0 Å². The van der Waals surface area contributed by atoms with Crippen LogP contribution in [-0.4, -0.2) is 43.2 Å². The lowest BCUT2D eigenvalue weighted by Gasteiger charge is -2.34. The molecule has 1 N–H and O–H groups in total. The van der Waals surface area contributed by atoms with Gasteiger partial charge < -0.3 is 10.1 Å². The molecule has 2 fully saturated rings. The summed E-state index contributed by atoms with van der Waals surface area (Å²) in [5.41, 5.74) is 2.25. The van der Waals surface area contributed by atoms with E-state index < -0.39 is 0 Å². The fourth-order valence-corrected chi connectivity index (χ4v) is 3.11. The van der Waals surface area contributed by atoms with Crippen molar-refractivity contribution in [1.29, 1.82) is 0 Å². The first-order valence-electron chi connectivity index (χ1n) is 8.08. The molecule has 0 amide bonds. The van der Waals surface area contributed by atoms with Gasteiger partial charge in [-0.1, -0.05) is 6.07 Å². The van der Waals surface area contributed by atoms with Crippen molar-refractivity contribution in [3.8, 4) is 0 Å². The molecule has 7 heteroatoms. The highest BCUT2D eigenvalue weighted by atomic mass is 35.5. The molecular weight excluding hydrogens is 354 g/mol. The molecule has 0 radical (unpaired) electrons. The molecule has 1 aromatic carbocycles. The van der Waals surface area contributed by atoms with Crippen molar-refractivity contribution in [2.45, 2.75) is 38.3 Å². The number of hydrogen-bond acceptors (Lipinski definition) is 4. The topological polar surface area (TPSA) is 41.6 Å². The van der Waals surface area contributed by atoms with E-state index in [0.717, 1.165) is 37.1 Å². The maximum absolute atomic E-state index is 13.5. The van der Waals surface area contributed by atoms with Crippen LogP contribution in [0, 0.1) is 5.82 Å². The SMILES string of the molecule is CCOC(=O)C1CNCCN1Cc1ccc(F)cc1C1CC1.Cl.Cl. The summed E-state index contributed by atoms with van der Waals surface area (Å²) in [6.07, 6.45) is 2.28. The second kappa shape index (κ2) is 9.56. The molecule has 0 bridgehead atoms. The fraction of sp³-hybridized carbons (Fsp3) is 0.588. The molecule has 1 aromatic rings. The highest BCUT2D eigenvalue weighted by Gasteiger charge is 2.32. The van der Waals surface area contributed by atoms with Gasteiger partial charge in [0.1, 0.15) is 11.9 Å². The van der Waals surface area contributed by atoms with E-state index in [-0.39, 0.29) is 42.6 Å². The lowest BCUT2D eigenvalue weighted by Crippen LogP contribution is -2.54. The number of carbonyl (C=O) groups is 1. The average molecular weight is 379 g/mol. The molecule has 1 unspecified atom stereocenters. The van der Waals surface area contributed by atoms with E-state index in [2.05, 4.69) is 10.2 Å². The number of benzene rings is 1. The van der Waals surface area contributed by atoms with Crippen molar-refractivity contribution in [3.63, 3.8) is 0 Å². The Balaban J connectivity index is 0.00000144. The van der Waals surface area contributed by atoms with Crippen molar-refractivity contribution < 1.29 is 13.9 Å². The summed E-state index contributed by atoms with van der Waals surface area (Å²) < 4.78 is 18.7. The average Bonchev–Trinajstić information content (AvgIpc) is 3.34. The van der Waals surface area contributed by atoms with E-state index in [4.69, 9.17) is 4.74 Å². The highest BCUT2D eigenvalue weighted by Crippen LogP contribution is 2.42. The van der Waals surface area contributed by atoms with Gasteiger partial charge in [-0.15, -0.1) is 24.8 Å². The third-order valence-electron chi connectivity index (χ3n) is 4.41. The van der Waals surface area contributed by atoms with Gasteiger partial charge in [-0.25, -0.2) is 4.39 Å². The van der Waals surface area contributed by atoms with Crippen LogP contribution >= 0.6 is 24.8 Å². The van der Waals surface area contributed by atoms with Gasteiger partial charge in [0.25, 0.3) is 0 Å². The fourth-order valence-electron chi connectivity index (χ4n) is 3.11. The second-order valence-corrected chi connectivity index (χ2v) is 6.06. The molecule has 1 heterocycles. The minimum atomic E-state index is -0.259. The first kappa shape index (κ1) is 21.2. The van der Waals surface area contributed by atoms with Gasteiger partial charge in [0.15, 0.2) is 0 Å². The molecule has 2 aliphatic rings. The normalized spacial score (nSPS) is 20.7. The Morgan fingerprint density at radius 3 is 2.79 bits per heavy atom. The van der Waals surface area contributed by atoms with Gasteiger partial charge in [0.2, 0.25) is 0 Å². The van der Waals surface area contributed by atoms with Crippen LogP contribution in [0.1, 0.15) is 36.8 Å². The molecule has 1 saturated carbocycles. The minimum Gasteiger partial charge on any atom is -0.465 e. The van der Waals surface area contributed by atoms with Crippen LogP contribution in [0.3, 0.4) is 0 Å². The monoisotopic (exact) mass is 378 g/mol. The van der Waals surface area contributed by atoms with E-state index in [9.17, 15) is 9.18 Å². The summed E-state index contributed by atoms with van der Waals surface area (Å²) in [6.45, 7) is 5.16. The predicted molar refractivity (Wildman–Crippen MR) is 96.6 cm³/mol. The van der Waals surface area contributed by atoms with E-state index in [1.165, 1.54) is 6.07 Å². The smallest absolute Gasteiger partial charge is 0.324 e.